The van der Waals surface area contributed by atoms with Crippen LogP contribution in [0.2, 0.25) is 0 Å². The first-order chi connectivity index (χ1) is 7.75. The van der Waals surface area contributed by atoms with E-state index in [1.807, 2.05) is 30.3 Å². The predicted molar refractivity (Wildman–Crippen MR) is 65.3 cm³/mol. The molecule has 0 amide bonds. The van der Waals surface area contributed by atoms with Gasteiger partial charge >= 0.3 is 0 Å². The Morgan fingerprint density at radius 3 is 2.62 bits per heavy atom. The fraction of sp³-hybridized carbons (Fsp3) is 0.333. The molecular formula is C12H14N2OS. The van der Waals surface area contributed by atoms with Crippen molar-refractivity contribution in [3.63, 3.8) is 0 Å². The Morgan fingerprint density at radius 1 is 1.19 bits per heavy atom. The lowest BCUT2D eigenvalue weighted by Crippen LogP contribution is -1.89. The van der Waals surface area contributed by atoms with Gasteiger partial charge in [-0.1, -0.05) is 43.8 Å². The second-order valence-corrected chi connectivity index (χ2v) is 4.92. The van der Waals surface area contributed by atoms with Crippen LogP contribution in [-0.4, -0.2) is 16.0 Å². The van der Waals surface area contributed by atoms with Crippen molar-refractivity contribution in [3.05, 3.63) is 30.3 Å². The zero-order valence-electron chi connectivity index (χ0n) is 9.38. The normalized spacial score (nSPS) is 10.9. The summed E-state index contributed by atoms with van der Waals surface area (Å²) in [4.78, 5) is 0. The van der Waals surface area contributed by atoms with Crippen LogP contribution in [0, 0.1) is 5.92 Å². The molecular weight excluding hydrogens is 220 g/mol. The van der Waals surface area contributed by atoms with E-state index in [2.05, 4.69) is 24.0 Å². The fourth-order valence-corrected chi connectivity index (χ4v) is 1.92. The molecule has 0 bridgehead atoms. The lowest BCUT2D eigenvalue weighted by Gasteiger charge is -1.98. The number of rotatable bonds is 4. The zero-order valence-corrected chi connectivity index (χ0v) is 10.2. The van der Waals surface area contributed by atoms with Crippen LogP contribution in [0.25, 0.3) is 11.5 Å². The van der Waals surface area contributed by atoms with Crippen LogP contribution in [0.5, 0.6) is 0 Å². The van der Waals surface area contributed by atoms with Crippen molar-refractivity contribution < 1.29 is 4.42 Å². The quantitative estimate of drug-likeness (QED) is 0.759. The fourth-order valence-electron chi connectivity index (χ4n) is 1.20. The number of hydrogen-bond donors (Lipinski definition) is 0. The molecule has 0 aliphatic heterocycles. The number of thioether (sulfide) groups is 1. The molecule has 0 aliphatic rings. The average Bonchev–Trinajstić information content (AvgIpc) is 2.76. The Labute approximate surface area is 99.3 Å². The van der Waals surface area contributed by atoms with E-state index in [0.29, 0.717) is 17.0 Å². The van der Waals surface area contributed by atoms with Gasteiger partial charge in [0.15, 0.2) is 0 Å². The molecule has 1 aromatic carbocycles. The lowest BCUT2D eigenvalue weighted by molar-refractivity contribution is 0.465. The van der Waals surface area contributed by atoms with E-state index in [4.69, 9.17) is 4.42 Å². The predicted octanol–water partition coefficient (Wildman–Crippen LogP) is 3.48. The van der Waals surface area contributed by atoms with Gasteiger partial charge in [-0.25, -0.2) is 0 Å². The van der Waals surface area contributed by atoms with Gasteiger partial charge in [0.1, 0.15) is 0 Å². The largest absolute Gasteiger partial charge is 0.411 e. The maximum atomic E-state index is 5.56. The Kier molecular flexibility index (Phi) is 3.62. The standard InChI is InChI=1S/C12H14N2OS/c1-9(2)8-16-12-14-13-11(15-12)10-6-4-3-5-7-10/h3-7,9H,8H2,1-2H3. The molecule has 0 unspecified atom stereocenters. The number of benzene rings is 1. The highest BCUT2D eigenvalue weighted by molar-refractivity contribution is 7.99. The van der Waals surface area contributed by atoms with Crippen molar-refractivity contribution in [3.8, 4) is 11.5 Å². The van der Waals surface area contributed by atoms with Gasteiger partial charge in [-0.2, -0.15) is 0 Å². The maximum Gasteiger partial charge on any atom is 0.276 e. The minimum atomic E-state index is 0.590. The molecule has 1 heterocycles. The van der Waals surface area contributed by atoms with Gasteiger partial charge in [-0.3, -0.25) is 0 Å². The lowest BCUT2D eigenvalue weighted by atomic mass is 10.2. The van der Waals surface area contributed by atoms with E-state index < -0.39 is 0 Å². The van der Waals surface area contributed by atoms with Crippen LogP contribution in [0.1, 0.15) is 13.8 Å². The Bertz CT molecular complexity index is 439. The van der Waals surface area contributed by atoms with E-state index >= 15 is 0 Å². The molecule has 4 heteroatoms. The zero-order chi connectivity index (χ0) is 11.4. The molecule has 0 saturated carbocycles. The highest BCUT2D eigenvalue weighted by atomic mass is 32.2. The molecule has 0 atom stereocenters. The van der Waals surface area contributed by atoms with Gasteiger partial charge in [0.05, 0.1) is 0 Å². The first-order valence-electron chi connectivity index (χ1n) is 5.27. The first kappa shape index (κ1) is 11.2. The second-order valence-electron chi connectivity index (χ2n) is 3.94. The highest BCUT2D eigenvalue weighted by Gasteiger charge is 2.08. The molecule has 0 N–H and O–H groups in total. The summed E-state index contributed by atoms with van der Waals surface area (Å²) in [5.41, 5.74) is 0.964. The highest BCUT2D eigenvalue weighted by Crippen LogP contribution is 2.23. The van der Waals surface area contributed by atoms with E-state index in [1.165, 1.54) is 0 Å². The molecule has 1 aromatic heterocycles. The van der Waals surface area contributed by atoms with E-state index in [0.717, 1.165) is 11.3 Å². The molecule has 84 valence electrons. The van der Waals surface area contributed by atoms with Crippen LogP contribution in [0.15, 0.2) is 40.0 Å². The number of hydrogen-bond acceptors (Lipinski definition) is 4. The second kappa shape index (κ2) is 5.16. The van der Waals surface area contributed by atoms with Gasteiger partial charge in [-0.05, 0) is 18.1 Å². The topological polar surface area (TPSA) is 38.9 Å². The smallest absolute Gasteiger partial charge is 0.276 e. The summed E-state index contributed by atoms with van der Waals surface area (Å²) in [6, 6.07) is 9.81. The van der Waals surface area contributed by atoms with Gasteiger partial charge in [-0.15, -0.1) is 10.2 Å². The molecule has 2 aromatic rings. The summed E-state index contributed by atoms with van der Waals surface area (Å²) in [6.45, 7) is 4.34. The maximum absolute atomic E-state index is 5.56. The minimum Gasteiger partial charge on any atom is -0.411 e. The van der Waals surface area contributed by atoms with Crippen molar-refractivity contribution in [1.82, 2.24) is 10.2 Å². The number of nitrogens with zero attached hydrogens (tertiary/aromatic N) is 2. The van der Waals surface area contributed by atoms with Crippen LogP contribution >= 0.6 is 11.8 Å². The third-order valence-electron chi connectivity index (χ3n) is 1.97. The summed E-state index contributed by atoms with van der Waals surface area (Å²) in [5, 5.41) is 8.68. The molecule has 16 heavy (non-hydrogen) atoms. The third-order valence-corrected chi connectivity index (χ3v) is 3.21. The number of aromatic nitrogens is 2. The summed E-state index contributed by atoms with van der Waals surface area (Å²) in [6.07, 6.45) is 0. The Morgan fingerprint density at radius 2 is 1.94 bits per heavy atom. The van der Waals surface area contributed by atoms with Crippen molar-refractivity contribution in [2.75, 3.05) is 5.75 Å². The molecule has 2 rings (SSSR count). The Hall–Kier alpha value is -1.29. The minimum absolute atomic E-state index is 0.590. The first-order valence-corrected chi connectivity index (χ1v) is 6.26. The van der Waals surface area contributed by atoms with Crippen LogP contribution in [-0.2, 0) is 0 Å². The summed E-state index contributed by atoms with van der Waals surface area (Å²) in [5.74, 6) is 2.21. The molecule has 0 saturated heterocycles. The van der Waals surface area contributed by atoms with E-state index in [1.54, 1.807) is 11.8 Å². The summed E-state index contributed by atoms with van der Waals surface area (Å²) < 4.78 is 5.56. The molecule has 0 radical (unpaired) electrons. The van der Waals surface area contributed by atoms with Crippen molar-refractivity contribution in [2.24, 2.45) is 5.92 Å². The third kappa shape index (κ3) is 2.85. The van der Waals surface area contributed by atoms with Gasteiger partial charge in [0.25, 0.3) is 5.22 Å². The molecule has 0 spiro atoms. The van der Waals surface area contributed by atoms with E-state index in [-0.39, 0.29) is 0 Å². The molecule has 0 fully saturated rings. The van der Waals surface area contributed by atoms with Crippen molar-refractivity contribution in [2.45, 2.75) is 19.1 Å². The van der Waals surface area contributed by atoms with Crippen LogP contribution < -0.4 is 0 Å². The molecule has 3 nitrogen and oxygen atoms in total. The van der Waals surface area contributed by atoms with Gasteiger partial charge < -0.3 is 4.42 Å². The average molecular weight is 234 g/mol. The van der Waals surface area contributed by atoms with Crippen molar-refractivity contribution in [1.29, 1.82) is 0 Å². The summed E-state index contributed by atoms with van der Waals surface area (Å²) >= 11 is 1.60. The Balaban J connectivity index is 2.08. The van der Waals surface area contributed by atoms with Gasteiger partial charge in [0, 0.05) is 11.3 Å². The monoisotopic (exact) mass is 234 g/mol. The van der Waals surface area contributed by atoms with E-state index in [9.17, 15) is 0 Å². The molecule has 0 aliphatic carbocycles. The van der Waals surface area contributed by atoms with Crippen molar-refractivity contribution >= 4 is 11.8 Å². The summed E-state index contributed by atoms with van der Waals surface area (Å²) in [7, 11) is 0. The van der Waals surface area contributed by atoms with Crippen LogP contribution in [0.3, 0.4) is 0 Å². The SMILES string of the molecule is CC(C)CSc1nnc(-c2ccccc2)o1. The van der Waals surface area contributed by atoms with Crippen LogP contribution in [0.4, 0.5) is 0 Å². The van der Waals surface area contributed by atoms with Gasteiger partial charge in [0.2, 0.25) is 5.89 Å².